The van der Waals surface area contributed by atoms with E-state index in [2.05, 4.69) is 10.6 Å². The van der Waals surface area contributed by atoms with Crippen molar-refractivity contribution >= 4 is 76.0 Å². The Morgan fingerprint density at radius 3 is 1.87 bits per heavy atom. The molecule has 0 spiro atoms. The predicted molar refractivity (Wildman–Crippen MR) is 158 cm³/mol. The van der Waals surface area contributed by atoms with Crippen LogP contribution >= 0.6 is 0 Å². The fourth-order valence-corrected chi connectivity index (χ4v) is 6.35. The number of carbonyl (C=O) groups is 3. The molecule has 0 unspecified atom stereocenters. The number of aromatic carboxylic acids is 1. The topological polar surface area (TPSA) is 285 Å². The molecule has 8 N–H and O–H groups in total. The number of benzene rings is 4. The zero-order valence-corrected chi connectivity index (χ0v) is 25.0. The van der Waals surface area contributed by atoms with Gasteiger partial charge in [-0.3, -0.25) is 23.2 Å². The number of aryl methyl sites for hydroxylation is 1. The number of hydrogen-bond donors (Lipinski definition) is 7. The molecule has 0 radical (unpaired) electrons. The molecule has 0 atom stereocenters. The lowest BCUT2D eigenvalue weighted by Crippen LogP contribution is -2.17. The van der Waals surface area contributed by atoms with E-state index in [0.717, 1.165) is 29.8 Å². The molecule has 45 heavy (non-hydrogen) atoms. The highest BCUT2D eigenvalue weighted by molar-refractivity contribution is 7.87. The lowest BCUT2D eigenvalue weighted by molar-refractivity contribution is 0.0696. The van der Waals surface area contributed by atoms with Gasteiger partial charge in [-0.2, -0.15) is 25.3 Å². The number of amides is 2. The van der Waals surface area contributed by atoms with Crippen LogP contribution in [0, 0.1) is 6.92 Å². The Morgan fingerprint density at radius 2 is 1.31 bits per heavy atom. The Hall–Kier alpha value is -4.92. The maximum atomic E-state index is 13.3. The van der Waals surface area contributed by atoms with Crippen molar-refractivity contribution in [2.75, 3.05) is 16.4 Å². The number of carboxylic acids is 1. The van der Waals surface area contributed by atoms with Crippen molar-refractivity contribution in [3.63, 3.8) is 0 Å². The molecule has 2 amide bonds. The van der Waals surface area contributed by atoms with Gasteiger partial charge in [0.1, 0.15) is 9.79 Å². The van der Waals surface area contributed by atoms with E-state index in [-0.39, 0.29) is 23.0 Å². The van der Waals surface area contributed by atoms with Gasteiger partial charge in [-0.05, 0) is 67.1 Å². The highest BCUT2D eigenvalue weighted by atomic mass is 32.2. The van der Waals surface area contributed by atoms with Crippen LogP contribution in [0.15, 0.2) is 75.4 Å². The van der Waals surface area contributed by atoms with Crippen LogP contribution < -0.4 is 16.4 Å². The number of carboxylic acid groups (broad SMARTS) is 1. The first kappa shape index (κ1) is 33.0. The van der Waals surface area contributed by atoms with E-state index >= 15 is 0 Å². The van der Waals surface area contributed by atoms with Gasteiger partial charge in [0.15, 0.2) is 0 Å². The summed E-state index contributed by atoms with van der Waals surface area (Å²) in [5.41, 5.74) is 5.19. The predicted octanol–water partition coefficient (Wildman–Crippen LogP) is 2.67. The summed E-state index contributed by atoms with van der Waals surface area (Å²) >= 11 is 0. The molecule has 0 aliphatic rings. The Morgan fingerprint density at radius 1 is 0.689 bits per heavy atom. The van der Waals surface area contributed by atoms with Crippen LogP contribution in [0.25, 0.3) is 10.8 Å². The minimum atomic E-state index is -5.41. The second-order valence-electron chi connectivity index (χ2n) is 9.48. The number of nitrogen functional groups attached to an aromatic ring is 1. The molecule has 0 saturated heterocycles. The SMILES string of the molecule is Cc1ccc(C(=O)Nc2cc(C(=O)O)cc(C(=O)Nc3ccc(S(=O)(=O)O)c4cc(S(=O)(=O)O)cc(S(=O)(=O)O)c34)c2)c(N)c1. The van der Waals surface area contributed by atoms with Crippen LogP contribution in [0.1, 0.15) is 36.6 Å². The molecular formula is C26H21N3O13S3. The van der Waals surface area contributed by atoms with Crippen molar-refractivity contribution in [3.8, 4) is 0 Å². The van der Waals surface area contributed by atoms with E-state index in [1.165, 1.54) is 12.1 Å². The molecular weight excluding hydrogens is 658 g/mol. The van der Waals surface area contributed by atoms with Crippen LogP contribution in [0.5, 0.6) is 0 Å². The Balaban J connectivity index is 1.87. The molecule has 0 saturated carbocycles. The van der Waals surface area contributed by atoms with Crippen molar-refractivity contribution in [2.45, 2.75) is 21.6 Å². The molecule has 0 aromatic heterocycles. The summed E-state index contributed by atoms with van der Waals surface area (Å²) in [4.78, 5) is 34.5. The van der Waals surface area contributed by atoms with Crippen LogP contribution in [0.4, 0.5) is 17.1 Å². The Labute approximate surface area is 254 Å². The van der Waals surface area contributed by atoms with E-state index in [4.69, 9.17) is 5.73 Å². The second-order valence-corrected chi connectivity index (χ2v) is 13.7. The molecule has 0 aliphatic carbocycles. The molecule has 0 aliphatic heterocycles. The van der Waals surface area contributed by atoms with Gasteiger partial charge < -0.3 is 21.5 Å². The summed E-state index contributed by atoms with van der Waals surface area (Å²) in [5, 5.41) is 12.6. The van der Waals surface area contributed by atoms with E-state index in [0.29, 0.717) is 12.1 Å². The number of hydrogen-bond acceptors (Lipinski definition) is 10. The first-order valence-electron chi connectivity index (χ1n) is 12.1. The lowest BCUT2D eigenvalue weighted by Gasteiger charge is -2.16. The quantitative estimate of drug-likeness (QED) is 0.104. The third-order valence-corrected chi connectivity index (χ3v) is 8.89. The first-order chi connectivity index (χ1) is 20.7. The summed E-state index contributed by atoms with van der Waals surface area (Å²) < 4.78 is 101. The van der Waals surface area contributed by atoms with Crippen molar-refractivity contribution in [3.05, 3.63) is 82.9 Å². The average molecular weight is 680 g/mol. The average Bonchev–Trinajstić information content (AvgIpc) is 2.90. The number of nitrogens with two attached hydrogens (primary N) is 1. The summed E-state index contributed by atoms with van der Waals surface area (Å²) in [6.07, 6.45) is 0. The van der Waals surface area contributed by atoms with Crippen LogP contribution in [0.2, 0.25) is 0 Å². The number of fused-ring (bicyclic) bond motifs is 1. The van der Waals surface area contributed by atoms with Gasteiger partial charge in [0, 0.05) is 27.7 Å². The molecule has 16 nitrogen and oxygen atoms in total. The van der Waals surface area contributed by atoms with E-state index in [1.807, 2.05) is 0 Å². The molecule has 4 rings (SSSR count). The molecule has 0 fully saturated rings. The summed E-state index contributed by atoms with van der Waals surface area (Å²) in [6, 6.07) is 9.77. The normalized spacial score (nSPS) is 12.1. The lowest BCUT2D eigenvalue weighted by atomic mass is 10.1. The standard InChI is InChI=1S/C26H21N3O13S3/c1-12-2-3-17(19(27)6-12)25(31)28-15-8-13(7-14(9-15)26(32)33)24(30)29-20-4-5-21(44(37,38)39)18-10-16(43(34,35)36)11-22(23(18)20)45(40,41)42/h2-11H,27H2,1H3,(H,28,31)(H,29,30)(H,32,33)(H,34,35,36)(H,37,38,39)(H,40,41,42). The van der Waals surface area contributed by atoms with Gasteiger partial charge in [-0.1, -0.05) is 6.07 Å². The smallest absolute Gasteiger partial charge is 0.335 e. The Kier molecular flexibility index (Phi) is 8.46. The van der Waals surface area contributed by atoms with Crippen molar-refractivity contribution in [1.82, 2.24) is 0 Å². The number of anilines is 3. The Bertz CT molecular complexity index is 2280. The van der Waals surface area contributed by atoms with Gasteiger partial charge in [0.05, 0.1) is 21.7 Å². The van der Waals surface area contributed by atoms with E-state index in [9.17, 15) is 58.4 Å². The van der Waals surface area contributed by atoms with Gasteiger partial charge in [0.25, 0.3) is 42.2 Å². The van der Waals surface area contributed by atoms with Gasteiger partial charge in [0.2, 0.25) is 0 Å². The zero-order chi connectivity index (χ0) is 33.6. The molecule has 0 heterocycles. The number of nitrogens with one attached hydrogen (secondary N) is 2. The van der Waals surface area contributed by atoms with E-state index in [1.54, 1.807) is 13.0 Å². The largest absolute Gasteiger partial charge is 0.478 e. The molecule has 4 aromatic rings. The van der Waals surface area contributed by atoms with Crippen molar-refractivity contribution in [1.29, 1.82) is 0 Å². The van der Waals surface area contributed by atoms with Crippen LogP contribution in [0.3, 0.4) is 0 Å². The fourth-order valence-electron chi connectivity index (χ4n) is 4.31. The summed E-state index contributed by atoms with van der Waals surface area (Å²) in [6.45, 7) is 1.74. The van der Waals surface area contributed by atoms with Gasteiger partial charge in [-0.15, -0.1) is 0 Å². The monoisotopic (exact) mass is 679 g/mol. The van der Waals surface area contributed by atoms with Gasteiger partial charge in [-0.25, -0.2) is 4.79 Å². The third kappa shape index (κ3) is 7.09. The number of rotatable bonds is 8. The minimum absolute atomic E-state index is 0.0414. The van der Waals surface area contributed by atoms with E-state index < -0.39 is 90.4 Å². The third-order valence-electron chi connectivity index (χ3n) is 6.27. The zero-order valence-electron chi connectivity index (χ0n) is 22.5. The number of carbonyl (C=O) groups excluding carboxylic acids is 2. The minimum Gasteiger partial charge on any atom is -0.478 e. The van der Waals surface area contributed by atoms with Gasteiger partial charge >= 0.3 is 5.97 Å². The molecule has 4 aromatic carbocycles. The summed E-state index contributed by atoms with van der Waals surface area (Å²) in [5.74, 6) is -3.41. The van der Waals surface area contributed by atoms with Crippen LogP contribution in [-0.4, -0.2) is 61.8 Å². The second kappa shape index (κ2) is 11.5. The molecule has 0 bridgehead atoms. The van der Waals surface area contributed by atoms with Crippen molar-refractivity contribution < 1.29 is 58.4 Å². The summed E-state index contributed by atoms with van der Waals surface area (Å²) in [7, 11) is -15.8. The van der Waals surface area contributed by atoms with Crippen LogP contribution in [-0.2, 0) is 30.4 Å². The van der Waals surface area contributed by atoms with Crippen molar-refractivity contribution in [2.24, 2.45) is 0 Å². The molecule has 236 valence electrons. The maximum absolute atomic E-state index is 13.3. The molecule has 19 heteroatoms. The fraction of sp³-hybridized carbons (Fsp3) is 0.0385. The highest BCUT2D eigenvalue weighted by Gasteiger charge is 2.27. The first-order valence-corrected chi connectivity index (χ1v) is 16.4. The maximum Gasteiger partial charge on any atom is 0.335 e. The highest BCUT2D eigenvalue weighted by Crippen LogP contribution is 2.37.